The van der Waals surface area contributed by atoms with Crippen molar-refractivity contribution in [1.82, 2.24) is 20.4 Å². The molecule has 0 amide bonds. The van der Waals surface area contributed by atoms with E-state index in [4.69, 9.17) is 4.42 Å². The third-order valence-electron chi connectivity index (χ3n) is 2.70. The number of benzene rings is 1. The van der Waals surface area contributed by atoms with E-state index in [0.717, 1.165) is 8.68 Å². The first-order valence-corrected chi connectivity index (χ1v) is 9.46. The average molecular weight is 364 g/mol. The maximum Gasteiger partial charge on any atom is 0.226 e. The van der Waals surface area contributed by atoms with E-state index in [1.807, 2.05) is 30.3 Å². The smallest absolute Gasteiger partial charge is 0.226 e. The van der Waals surface area contributed by atoms with Crippen molar-refractivity contribution in [2.75, 3.05) is 5.75 Å². The van der Waals surface area contributed by atoms with Crippen molar-refractivity contribution in [3.05, 3.63) is 47.7 Å². The summed E-state index contributed by atoms with van der Waals surface area (Å²) in [6, 6.07) is 9.24. The third-order valence-corrected chi connectivity index (χ3v) is 5.87. The minimum absolute atomic E-state index is 0.0846. The number of hydrogen-bond acceptors (Lipinski definition) is 9. The van der Waals surface area contributed by atoms with Crippen LogP contribution in [-0.4, -0.2) is 31.9 Å². The van der Waals surface area contributed by atoms with Gasteiger partial charge in [-0.05, 0) is 0 Å². The third kappa shape index (κ3) is 4.63. The van der Waals surface area contributed by atoms with Crippen molar-refractivity contribution in [2.24, 2.45) is 0 Å². The fraction of sp³-hybridized carbons (Fsp3) is 0.214. The Kier molecular flexibility index (Phi) is 5.42. The summed E-state index contributed by atoms with van der Waals surface area (Å²) in [7, 11) is 0. The van der Waals surface area contributed by atoms with Gasteiger partial charge in [-0.2, -0.15) is 0 Å². The number of carbonyl (C=O) groups excluding carboxylic acids is 1. The standard InChI is InChI=1S/C14H12N4O2S3/c1-9-15-16-12(20-9)8-22-14-18-17-13(23-14)21-7-11(19)10-5-3-2-4-6-10/h2-6H,7-8H2,1H3. The van der Waals surface area contributed by atoms with Crippen LogP contribution in [0.4, 0.5) is 0 Å². The number of thioether (sulfide) groups is 2. The van der Waals surface area contributed by atoms with Crippen molar-refractivity contribution in [2.45, 2.75) is 21.4 Å². The fourth-order valence-electron chi connectivity index (χ4n) is 1.67. The van der Waals surface area contributed by atoms with Gasteiger partial charge in [0.15, 0.2) is 14.5 Å². The second-order valence-corrected chi connectivity index (χ2v) is 7.84. The van der Waals surface area contributed by atoms with Gasteiger partial charge in [0.2, 0.25) is 11.8 Å². The minimum Gasteiger partial charge on any atom is -0.425 e. The van der Waals surface area contributed by atoms with Crippen LogP contribution < -0.4 is 0 Å². The minimum atomic E-state index is 0.0846. The van der Waals surface area contributed by atoms with Gasteiger partial charge in [0.05, 0.1) is 11.5 Å². The Bertz CT molecular complexity index is 788. The molecule has 6 nitrogen and oxygen atoms in total. The fourth-order valence-corrected chi connectivity index (χ4v) is 4.42. The van der Waals surface area contributed by atoms with Crippen molar-refractivity contribution in [3.8, 4) is 0 Å². The normalized spacial score (nSPS) is 10.8. The predicted molar refractivity (Wildman–Crippen MR) is 90.0 cm³/mol. The summed E-state index contributed by atoms with van der Waals surface area (Å²) >= 11 is 4.35. The molecule has 0 N–H and O–H groups in total. The zero-order chi connectivity index (χ0) is 16.1. The van der Waals surface area contributed by atoms with Gasteiger partial charge >= 0.3 is 0 Å². The van der Waals surface area contributed by atoms with E-state index >= 15 is 0 Å². The molecule has 0 atom stereocenters. The number of nitrogens with zero attached hydrogens (tertiary/aromatic N) is 4. The Balaban J connectivity index is 1.50. The highest BCUT2D eigenvalue weighted by Gasteiger charge is 2.11. The lowest BCUT2D eigenvalue weighted by atomic mass is 10.2. The van der Waals surface area contributed by atoms with Crippen LogP contribution in [0.1, 0.15) is 22.1 Å². The lowest BCUT2D eigenvalue weighted by Crippen LogP contribution is -2.01. The molecule has 118 valence electrons. The van der Waals surface area contributed by atoms with Crippen LogP contribution in [0.25, 0.3) is 0 Å². The van der Waals surface area contributed by atoms with Gasteiger partial charge in [0.1, 0.15) is 0 Å². The molecule has 0 saturated carbocycles. The number of Topliss-reactive ketones (excluding diaryl/α,β-unsaturated/α-hetero) is 1. The second-order valence-electron chi connectivity index (χ2n) is 4.42. The van der Waals surface area contributed by atoms with E-state index < -0.39 is 0 Å². The molecular weight excluding hydrogens is 352 g/mol. The summed E-state index contributed by atoms with van der Waals surface area (Å²) in [6.45, 7) is 1.75. The number of aryl methyl sites for hydroxylation is 1. The maximum absolute atomic E-state index is 12.0. The van der Waals surface area contributed by atoms with Gasteiger partial charge in [-0.15, -0.1) is 20.4 Å². The van der Waals surface area contributed by atoms with Crippen LogP contribution in [0.15, 0.2) is 43.4 Å². The summed E-state index contributed by atoms with van der Waals surface area (Å²) in [5, 5.41) is 15.9. The molecule has 0 radical (unpaired) electrons. The summed E-state index contributed by atoms with van der Waals surface area (Å²) in [4.78, 5) is 12.0. The predicted octanol–water partition coefficient (Wildman–Crippen LogP) is 3.50. The molecule has 9 heteroatoms. The zero-order valence-electron chi connectivity index (χ0n) is 12.1. The van der Waals surface area contributed by atoms with Crippen molar-refractivity contribution >= 4 is 40.6 Å². The number of ketones is 1. The van der Waals surface area contributed by atoms with Crippen LogP contribution in [0.3, 0.4) is 0 Å². The molecule has 2 aromatic heterocycles. The zero-order valence-corrected chi connectivity index (χ0v) is 14.6. The molecule has 3 rings (SSSR count). The molecule has 0 aliphatic carbocycles. The number of carbonyl (C=O) groups is 1. The Morgan fingerprint density at radius 2 is 1.83 bits per heavy atom. The molecule has 0 bridgehead atoms. The Morgan fingerprint density at radius 3 is 2.52 bits per heavy atom. The summed E-state index contributed by atoms with van der Waals surface area (Å²) in [6.07, 6.45) is 0. The van der Waals surface area contributed by atoms with Crippen LogP contribution >= 0.6 is 34.9 Å². The van der Waals surface area contributed by atoms with Gasteiger partial charge in [-0.3, -0.25) is 4.79 Å². The van der Waals surface area contributed by atoms with E-state index in [1.54, 1.807) is 6.92 Å². The SMILES string of the molecule is Cc1nnc(CSc2nnc(SCC(=O)c3ccccc3)s2)o1. The number of hydrogen-bond donors (Lipinski definition) is 0. The first kappa shape index (κ1) is 16.2. The monoisotopic (exact) mass is 364 g/mol. The van der Waals surface area contributed by atoms with Crippen molar-refractivity contribution in [1.29, 1.82) is 0 Å². The molecule has 0 unspecified atom stereocenters. The first-order chi connectivity index (χ1) is 11.2. The molecule has 0 spiro atoms. The maximum atomic E-state index is 12.0. The van der Waals surface area contributed by atoms with Gasteiger partial charge in [-0.1, -0.05) is 65.2 Å². The highest BCUT2D eigenvalue weighted by Crippen LogP contribution is 2.30. The average Bonchev–Trinajstić information content (AvgIpc) is 3.20. The van der Waals surface area contributed by atoms with E-state index in [0.29, 0.717) is 28.9 Å². The molecule has 3 aromatic rings. The van der Waals surface area contributed by atoms with Crippen molar-refractivity contribution in [3.63, 3.8) is 0 Å². The second kappa shape index (κ2) is 7.71. The van der Waals surface area contributed by atoms with Gasteiger partial charge in [-0.25, -0.2) is 0 Å². The Morgan fingerprint density at radius 1 is 1.09 bits per heavy atom. The van der Waals surface area contributed by atoms with Crippen LogP contribution in [0.5, 0.6) is 0 Å². The van der Waals surface area contributed by atoms with E-state index in [9.17, 15) is 4.79 Å². The molecule has 2 heterocycles. The number of aromatic nitrogens is 4. The largest absolute Gasteiger partial charge is 0.425 e. The topological polar surface area (TPSA) is 81.8 Å². The molecule has 23 heavy (non-hydrogen) atoms. The van der Waals surface area contributed by atoms with Gasteiger partial charge < -0.3 is 4.42 Å². The molecule has 0 aliphatic heterocycles. The molecule has 0 fully saturated rings. The Hall–Kier alpha value is -1.71. The van der Waals surface area contributed by atoms with Crippen LogP contribution in [0, 0.1) is 6.92 Å². The van der Waals surface area contributed by atoms with Crippen LogP contribution in [0.2, 0.25) is 0 Å². The molecule has 1 aromatic carbocycles. The molecule has 0 aliphatic rings. The van der Waals surface area contributed by atoms with Gasteiger partial charge in [0, 0.05) is 12.5 Å². The quantitative estimate of drug-likeness (QED) is 0.465. The first-order valence-electron chi connectivity index (χ1n) is 6.67. The van der Waals surface area contributed by atoms with E-state index in [1.165, 1.54) is 34.9 Å². The van der Waals surface area contributed by atoms with E-state index in [-0.39, 0.29) is 5.78 Å². The summed E-state index contributed by atoms with van der Waals surface area (Å²) < 4.78 is 6.90. The lowest BCUT2D eigenvalue weighted by Gasteiger charge is -1.97. The summed E-state index contributed by atoms with van der Waals surface area (Å²) in [5.74, 6) is 2.11. The summed E-state index contributed by atoms with van der Waals surface area (Å²) in [5.41, 5.74) is 0.714. The van der Waals surface area contributed by atoms with Crippen LogP contribution in [-0.2, 0) is 5.75 Å². The van der Waals surface area contributed by atoms with E-state index in [2.05, 4.69) is 20.4 Å². The lowest BCUT2D eigenvalue weighted by molar-refractivity contribution is 0.102. The van der Waals surface area contributed by atoms with Gasteiger partial charge in [0.25, 0.3) is 0 Å². The molecule has 0 saturated heterocycles. The Labute approximate surface area is 145 Å². The van der Waals surface area contributed by atoms with Crippen molar-refractivity contribution < 1.29 is 9.21 Å². The highest BCUT2D eigenvalue weighted by molar-refractivity contribution is 8.03. The number of rotatable bonds is 7. The molecular formula is C14H12N4O2S3. The highest BCUT2D eigenvalue weighted by atomic mass is 32.2.